The van der Waals surface area contributed by atoms with E-state index in [0.29, 0.717) is 0 Å². The van der Waals surface area contributed by atoms with Crippen molar-refractivity contribution >= 4 is 26.7 Å². The van der Waals surface area contributed by atoms with Crippen molar-refractivity contribution in [1.82, 2.24) is 0 Å². The highest BCUT2D eigenvalue weighted by Gasteiger charge is 2.08. The van der Waals surface area contributed by atoms with Crippen molar-refractivity contribution in [3.63, 3.8) is 0 Å². The molecule has 0 amide bonds. The lowest BCUT2D eigenvalue weighted by molar-refractivity contribution is 0.303. The van der Waals surface area contributed by atoms with E-state index in [4.69, 9.17) is 9.47 Å². The molecule has 0 atom stereocenters. The summed E-state index contributed by atoms with van der Waals surface area (Å²) in [6.07, 6.45) is 5.85. The minimum Gasteiger partial charge on any atom is -0.497 e. The van der Waals surface area contributed by atoms with Crippen molar-refractivity contribution in [3.05, 3.63) is 35.9 Å². The molecule has 0 aromatic heterocycles. The smallest absolute Gasteiger partial charge is 0.123 e. The van der Waals surface area contributed by atoms with Crippen molar-refractivity contribution < 1.29 is 9.47 Å². The zero-order chi connectivity index (χ0) is 15.8. The zero-order valence-corrected chi connectivity index (χ0v) is 15.1. The summed E-state index contributed by atoms with van der Waals surface area (Å²) in [5.41, 5.74) is 1.29. The van der Waals surface area contributed by atoms with Crippen LogP contribution in [0.2, 0.25) is 0 Å². The molecule has 0 saturated carbocycles. The maximum Gasteiger partial charge on any atom is 0.123 e. The normalized spacial score (nSPS) is 10.9. The number of methoxy groups -OCH3 is 1. The molecule has 0 aliphatic heterocycles. The first kappa shape index (κ1) is 17.1. The molecule has 2 rings (SSSR count). The van der Waals surface area contributed by atoms with Gasteiger partial charge >= 0.3 is 0 Å². The van der Waals surface area contributed by atoms with Crippen LogP contribution in [-0.4, -0.2) is 19.0 Å². The Morgan fingerprint density at radius 3 is 2.55 bits per heavy atom. The lowest BCUT2D eigenvalue weighted by atomic mass is 10.0. The highest BCUT2D eigenvalue weighted by atomic mass is 79.9. The number of alkyl halides is 1. The average molecular weight is 365 g/mol. The number of aryl methyl sites for hydroxylation is 1. The molecule has 3 heteroatoms. The van der Waals surface area contributed by atoms with Crippen LogP contribution in [0, 0.1) is 0 Å². The molecule has 22 heavy (non-hydrogen) atoms. The molecule has 2 aromatic rings. The van der Waals surface area contributed by atoms with E-state index in [9.17, 15) is 0 Å². The minimum atomic E-state index is 0.803. The third-order valence-corrected chi connectivity index (χ3v) is 4.50. The van der Waals surface area contributed by atoms with Gasteiger partial charge in [-0.15, -0.1) is 0 Å². The Balaban J connectivity index is 2.06. The molecular formula is C19H25BrO2. The molecule has 0 fully saturated rings. The summed E-state index contributed by atoms with van der Waals surface area (Å²) in [7, 11) is 1.70. The average Bonchev–Trinajstić information content (AvgIpc) is 2.57. The molecule has 0 bridgehead atoms. The number of hydrogen-bond donors (Lipinski definition) is 0. The Hall–Kier alpha value is -1.22. The summed E-state index contributed by atoms with van der Waals surface area (Å²) in [6.45, 7) is 2.98. The summed E-state index contributed by atoms with van der Waals surface area (Å²) in [6, 6.07) is 10.5. The van der Waals surface area contributed by atoms with Crippen LogP contribution in [-0.2, 0) is 6.42 Å². The summed E-state index contributed by atoms with van der Waals surface area (Å²) < 4.78 is 11.3. The van der Waals surface area contributed by atoms with Gasteiger partial charge in [0.25, 0.3) is 0 Å². The molecule has 0 saturated heterocycles. The number of benzene rings is 2. The molecule has 2 nitrogen and oxygen atoms in total. The van der Waals surface area contributed by atoms with E-state index in [1.54, 1.807) is 7.11 Å². The van der Waals surface area contributed by atoms with Crippen LogP contribution in [0.5, 0.6) is 11.5 Å². The van der Waals surface area contributed by atoms with E-state index in [1.165, 1.54) is 35.6 Å². The van der Waals surface area contributed by atoms with E-state index in [2.05, 4.69) is 47.1 Å². The minimum absolute atomic E-state index is 0.803. The van der Waals surface area contributed by atoms with Crippen molar-refractivity contribution in [1.29, 1.82) is 0 Å². The second-order valence-electron chi connectivity index (χ2n) is 5.43. The monoisotopic (exact) mass is 364 g/mol. The lowest BCUT2D eigenvalue weighted by Gasteiger charge is -2.14. The fraction of sp³-hybridized carbons (Fsp3) is 0.474. The molecule has 2 aromatic carbocycles. The fourth-order valence-corrected chi connectivity index (χ4v) is 3.11. The van der Waals surface area contributed by atoms with Crippen LogP contribution in [0.3, 0.4) is 0 Å². The van der Waals surface area contributed by atoms with Crippen LogP contribution in [0.25, 0.3) is 10.8 Å². The Labute approximate surface area is 141 Å². The molecule has 0 spiro atoms. The first-order valence-electron chi connectivity index (χ1n) is 8.08. The van der Waals surface area contributed by atoms with Gasteiger partial charge < -0.3 is 9.47 Å². The number of fused-ring (bicyclic) bond motifs is 1. The van der Waals surface area contributed by atoms with Gasteiger partial charge in [0.2, 0.25) is 0 Å². The molecule has 0 heterocycles. The Morgan fingerprint density at radius 1 is 1.00 bits per heavy atom. The quantitative estimate of drug-likeness (QED) is 0.416. The molecule has 120 valence electrons. The van der Waals surface area contributed by atoms with E-state index in [-0.39, 0.29) is 0 Å². The first-order valence-corrected chi connectivity index (χ1v) is 9.20. The SMILES string of the molecule is CCc1c(OCCCCCCBr)ccc2cc(OC)ccc12. The van der Waals surface area contributed by atoms with Crippen LogP contribution in [0.15, 0.2) is 30.3 Å². The maximum atomic E-state index is 6.03. The van der Waals surface area contributed by atoms with Crippen molar-refractivity contribution in [2.75, 3.05) is 19.0 Å². The molecule has 0 unspecified atom stereocenters. The number of ether oxygens (including phenoxy) is 2. The van der Waals surface area contributed by atoms with Gasteiger partial charge in [-0.2, -0.15) is 0 Å². The maximum absolute atomic E-state index is 6.03. The van der Waals surface area contributed by atoms with Crippen LogP contribution in [0.4, 0.5) is 0 Å². The van der Waals surface area contributed by atoms with Crippen molar-refractivity contribution in [2.45, 2.75) is 39.0 Å². The Morgan fingerprint density at radius 2 is 1.82 bits per heavy atom. The van der Waals surface area contributed by atoms with Gasteiger partial charge in [0.05, 0.1) is 13.7 Å². The summed E-state index contributed by atoms with van der Waals surface area (Å²) in [5.74, 6) is 1.93. The van der Waals surface area contributed by atoms with Gasteiger partial charge in [0.15, 0.2) is 0 Å². The first-order chi connectivity index (χ1) is 10.8. The van der Waals surface area contributed by atoms with Gasteiger partial charge in [0.1, 0.15) is 11.5 Å². The fourth-order valence-electron chi connectivity index (χ4n) is 2.71. The second kappa shape index (κ2) is 9.04. The predicted molar refractivity (Wildman–Crippen MR) is 97.6 cm³/mol. The third-order valence-electron chi connectivity index (χ3n) is 3.93. The summed E-state index contributed by atoms with van der Waals surface area (Å²) in [4.78, 5) is 0. The van der Waals surface area contributed by atoms with E-state index in [1.807, 2.05) is 6.07 Å². The number of rotatable bonds is 9. The van der Waals surface area contributed by atoms with Gasteiger partial charge in [0, 0.05) is 10.9 Å². The van der Waals surface area contributed by atoms with Crippen molar-refractivity contribution in [3.8, 4) is 11.5 Å². The van der Waals surface area contributed by atoms with Crippen molar-refractivity contribution in [2.24, 2.45) is 0 Å². The summed E-state index contributed by atoms with van der Waals surface area (Å²) in [5, 5.41) is 3.57. The molecule has 0 N–H and O–H groups in total. The lowest BCUT2D eigenvalue weighted by Crippen LogP contribution is -2.00. The highest BCUT2D eigenvalue weighted by Crippen LogP contribution is 2.31. The van der Waals surface area contributed by atoms with E-state index < -0.39 is 0 Å². The zero-order valence-electron chi connectivity index (χ0n) is 13.5. The highest BCUT2D eigenvalue weighted by molar-refractivity contribution is 9.09. The molecule has 0 aliphatic carbocycles. The van der Waals surface area contributed by atoms with Crippen LogP contribution in [0.1, 0.15) is 38.2 Å². The van der Waals surface area contributed by atoms with E-state index in [0.717, 1.165) is 36.3 Å². The van der Waals surface area contributed by atoms with Gasteiger partial charge in [-0.25, -0.2) is 0 Å². The van der Waals surface area contributed by atoms with Crippen LogP contribution >= 0.6 is 15.9 Å². The largest absolute Gasteiger partial charge is 0.497 e. The number of halogens is 1. The van der Waals surface area contributed by atoms with Gasteiger partial charge in [-0.3, -0.25) is 0 Å². The van der Waals surface area contributed by atoms with Gasteiger partial charge in [-0.1, -0.05) is 47.8 Å². The Kier molecular flexibility index (Phi) is 7.04. The molecule has 0 aliphatic rings. The topological polar surface area (TPSA) is 18.5 Å². The standard InChI is InChI=1S/C19H25BrO2/c1-3-17-18-10-9-16(21-2)14-15(18)8-11-19(17)22-13-7-5-4-6-12-20/h8-11,14H,3-7,12-13H2,1-2H3. The number of unbranched alkanes of at least 4 members (excludes halogenated alkanes) is 3. The Bertz CT molecular complexity index is 595. The third kappa shape index (κ3) is 4.39. The van der Waals surface area contributed by atoms with E-state index >= 15 is 0 Å². The predicted octanol–water partition coefficient (Wildman–Crippen LogP) is 5.74. The van der Waals surface area contributed by atoms with Crippen LogP contribution < -0.4 is 9.47 Å². The second-order valence-corrected chi connectivity index (χ2v) is 6.23. The van der Waals surface area contributed by atoms with Gasteiger partial charge in [-0.05, 0) is 48.2 Å². The number of hydrogen-bond acceptors (Lipinski definition) is 2. The molecular weight excluding hydrogens is 340 g/mol. The summed E-state index contributed by atoms with van der Waals surface area (Å²) >= 11 is 3.47. The molecule has 0 radical (unpaired) electrons.